The average molecular weight is 441 g/mol. The van der Waals surface area contributed by atoms with Crippen LogP contribution in [0.15, 0.2) is 11.2 Å². The predicted molar refractivity (Wildman–Crippen MR) is 110 cm³/mol. The fourth-order valence-electron chi connectivity index (χ4n) is 3.98. The van der Waals surface area contributed by atoms with Crippen molar-refractivity contribution in [1.29, 1.82) is 0 Å². The number of aryl methyl sites for hydroxylation is 2. The van der Waals surface area contributed by atoms with Crippen molar-refractivity contribution in [2.45, 2.75) is 63.5 Å². The number of carbonyl (C=O) groups excluding carboxylic acids is 2. The first-order valence-electron chi connectivity index (χ1n) is 10.7. The van der Waals surface area contributed by atoms with Gasteiger partial charge in [-0.2, -0.15) is 4.31 Å². The summed E-state index contributed by atoms with van der Waals surface area (Å²) in [6.07, 6.45) is 5.64. The van der Waals surface area contributed by atoms with Crippen LogP contribution in [0.4, 0.5) is 0 Å². The molecule has 1 aromatic heterocycles. The SMILES string of the molecule is Cc1nc(S(=O)(=O)N2CCC(C(=O)OC(C)C(=O)N3CCCCCC3)CC2)cn1C. The first-order chi connectivity index (χ1) is 14.2. The third-order valence-corrected chi connectivity index (χ3v) is 7.81. The molecule has 2 fully saturated rings. The molecule has 0 bridgehead atoms. The van der Waals surface area contributed by atoms with E-state index in [4.69, 9.17) is 4.74 Å². The van der Waals surface area contributed by atoms with Gasteiger partial charge in [-0.05, 0) is 39.5 Å². The highest BCUT2D eigenvalue weighted by Gasteiger charge is 2.35. The van der Waals surface area contributed by atoms with E-state index in [1.165, 1.54) is 10.5 Å². The molecule has 2 saturated heterocycles. The van der Waals surface area contributed by atoms with E-state index < -0.39 is 28.0 Å². The molecule has 9 nitrogen and oxygen atoms in total. The molecule has 168 valence electrons. The van der Waals surface area contributed by atoms with E-state index in [1.807, 2.05) is 0 Å². The van der Waals surface area contributed by atoms with Gasteiger partial charge in [0, 0.05) is 39.4 Å². The molecule has 1 aromatic rings. The third kappa shape index (κ3) is 5.03. The molecule has 3 rings (SSSR count). The van der Waals surface area contributed by atoms with Crippen LogP contribution in [0.2, 0.25) is 0 Å². The zero-order chi connectivity index (χ0) is 21.9. The van der Waals surface area contributed by atoms with Crippen LogP contribution >= 0.6 is 0 Å². The van der Waals surface area contributed by atoms with E-state index in [1.54, 1.807) is 30.4 Å². The summed E-state index contributed by atoms with van der Waals surface area (Å²) in [5.41, 5.74) is 0. The molecular weight excluding hydrogens is 408 g/mol. The van der Waals surface area contributed by atoms with Crippen molar-refractivity contribution in [2.24, 2.45) is 13.0 Å². The number of sulfonamides is 1. The maximum atomic E-state index is 12.8. The van der Waals surface area contributed by atoms with Gasteiger partial charge in [-0.15, -0.1) is 0 Å². The highest BCUT2D eigenvalue weighted by atomic mass is 32.2. The standard InChI is InChI=1S/C20H32N4O5S/c1-15(19(25)23-10-6-4-5-7-11-23)29-20(26)17-8-12-24(13-9-17)30(27,28)18-14-22(3)16(2)21-18/h14-15,17H,4-13H2,1-3H3. The predicted octanol–water partition coefficient (Wildman–Crippen LogP) is 1.46. The largest absolute Gasteiger partial charge is 0.452 e. The highest BCUT2D eigenvalue weighted by Crippen LogP contribution is 2.25. The lowest BCUT2D eigenvalue weighted by atomic mass is 9.98. The summed E-state index contributed by atoms with van der Waals surface area (Å²) in [6.45, 7) is 5.25. The number of nitrogens with zero attached hydrogens (tertiary/aromatic N) is 4. The first-order valence-corrected chi connectivity index (χ1v) is 12.1. The molecule has 0 radical (unpaired) electrons. The summed E-state index contributed by atoms with van der Waals surface area (Å²) in [7, 11) is -1.93. The summed E-state index contributed by atoms with van der Waals surface area (Å²) in [6, 6.07) is 0. The molecule has 1 unspecified atom stereocenters. The molecule has 30 heavy (non-hydrogen) atoms. The van der Waals surface area contributed by atoms with Crippen LogP contribution in [0.1, 0.15) is 51.3 Å². The van der Waals surface area contributed by atoms with Gasteiger partial charge in [0.15, 0.2) is 11.1 Å². The monoisotopic (exact) mass is 440 g/mol. The minimum Gasteiger partial charge on any atom is -0.452 e. The topological polar surface area (TPSA) is 102 Å². The van der Waals surface area contributed by atoms with Crippen LogP contribution in [0, 0.1) is 12.8 Å². The Kier molecular flexibility index (Phi) is 7.18. The molecule has 1 atom stereocenters. The Bertz CT molecular complexity index is 846. The van der Waals surface area contributed by atoms with E-state index >= 15 is 0 Å². The number of ether oxygens (including phenoxy) is 1. The van der Waals surface area contributed by atoms with Crippen LogP contribution in [-0.2, 0) is 31.4 Å². The molecule has 0 spiro atoms. The molecule has 2 aliphatic rings. The zero-order valence-corrected chi connectivity index (χ0v) is 18.9. The molecular formula is C20H32N4O5S. The first kappa shape index (κ1) is 22.7. The molecule has 2 aliphatic heterocycles. The second kappa shape index (κ2) is 9.47. The lowest BCUT2D eigenvalue weighted by Crippen LogP contribution is -2.43. The number of rotatable bonds is 5. The number of hydrogen-bond donors (Lipinski definition) is 0. The molecule has 1 amide bonds. The molecule has 0 saturated carbocycles. The van der Waals surface area contributed by atoms with Crippen LogP contribution < -0.4 is 0 Å². The molecule has 10 heteroatoms. The number of piperidine rings is 1. The van der Waals surface area contributed by atoms with E-state index in [9.17, 15) is 18.0 Å². The average Bonchev–Trinajstić information content (AvgIpc) is 2.92. The van der Waals surface area contributed by atoms with Gasteiger partial charge in [0.1, 0.15) is 5.82 Å². The Balaban J connectivity index is 1.52. The number of esters is 1. The Hall–Kier alpha value is -1.94. The Morgan fingerprint density at radius 2 is 1.70 bits per heavy atom. The second-order valence-electron chi connectivity index (χ2n) is 8.23. The van der Waals surface area contributed by atoms with Crippen LogP contribution in [0.5, 0.6) is 0 Å². The molecule has 0 aromatic carbocycles. The van der Waals surface area contributed by atoms with Crippen molar-refractivity contribution >= 4 is 21.9 Å². The summed E-state index contributed by atoms with van der Waals surface area (Å²) < 4.78 is 34.1. The quantitative estimate of drug-likeness (QED) is 0.643. The smallest absolute Gasteiger partial charge is 0.309 e. The van der Waals surface area contributed by atoms with Crippen molar-refractivity contribution in [3.63, 3.8) is 0 Å². The van der Waals surface area contributed by atoms with Gasteiger partial charge in [0.2, 0.25) is 0 Å². The summed E-state index contributed by atoms with van der Waals surface area (Å²) in [5.74, 6) is -0.344. The van der Waals surface area contributed by atoms with Crippen LogP contribution in [0.25, 0.3) is 0 Å². The van der Waals surface area contributed by atoms with E-state index in [2.05, 4.69) is 4.98 Å². The van der Waals surface area contributed by atoms with Crippen molar-refractivity contribution < 1.29 is 22.7 Å². The lowest BCUT2D eigenvalue weighted by molar-refractivity contribution is -0.163. The van der Waals surface area contributed by atoms with E-state index in [0.29, 0.717) is 31.8 Å². The fourth-order valence-corrected chi connectivity index (χ4v) is 5.48. The number of likely N-dealkylation sites (tertiary alicyclic amines) is 1. The van der Waals surface area contributed by atoms with Crippen molar-refractivity contribution in [2.75, 3.05) is 26.2 Å². The van der Waals surface area contributed by atoms with E-state index in [-0.39, 0.29) is 24.0 Å². The molecule has 0 N–H and O–H groups in total. The van der Waals surface area contributed by atoms with Gasteiger partial charge in [0.25, 0.3) is 15.9 Å². The second-order valence-corrected chi connectivity index (χ2v) is 10.1. The normalized spacial score (nSPS) is 20.6. The van der Waals surface area contributed by atoms with Gasteiger partial charge in [0.05, 0.1) is 5.92 Å². The molecule has 0 aliphatic carbocycles. The number of hydrogen-bond acceptors (Lipinski definition) is 6. The van der Waals surface area contributed by atoms with E-state index in [0.717, 1.165) is 25.7 Å². The van der Waals surface area contributed by atoms with Crippen molar-refractivity contribution in [3.05, 3.63) is 12.0 Å². The summed E-state index contributed by atoms with van der Waals surface area (Å²) in [5, 5.41) is 0.0280. The third-order valence-electron chi connectivity index (χ3n) is 6.04. The fraction of sp³-hybridized carbons (Fsp3) is 0.750. The van der Waals surface area contributed by atoms with Crippen molar-refractivity contribution in [1.82, 2.24) is 18.8 Å². The number of amides is 1. The van der Waals surface area contributed by atoms with Crippen LogP contribution in [-0.4, -0.2) is 71.3 Å². The minimum atomic E-state index is -3.68. The van der Waals surface area contributed by atoms with Gasteiger partial charge in [-0.25, -0.2) is 13.4 Å². The van der Waals surface area contributed by atoms with Gasteiger partial charge in [-0.1, -0.05) is 12.8 Å². The van der Waals surface area contributed by atoms with Gasteiger partial charge >= 0.3 is 5.97 Å². The number of imidazole rings is 1. The highest BCUT2D eigenvalue weighted by molar-refractivity contribution is 7.89. The summed E-state index contributed by atoms with van der Waals surface area (Å²) in [4.78, 5) is 31.1. The Morgan fingerprint density at radius 1 is 1.10 bits per heavy atom. The Morgan fingerprint density at radius 3 is 2.23 bits per heavy atom. The molecule has 3 heterocycles. The maximum absolute atomic E-state index is 12.8. The van der Waals surface area contributed by atoms with Crippen molar-refractivity contribution in [3.8, 4) is 0 Å². The van der Waals surface area contributed by atoms with Gasteiger partial charge in [-0.3, -0.25) is 9.59 Å². The Labute approximate surface area is 178 Å². The number of aromatic nitrogens is 2. The van der Waals surface area contributed by atoms with Gasteiger partial charge < -0.3 is 14.2 Å². The van der Waals surface area contributed by atoms with Crippen LogP contribution in [0.3, 0.4) is 0 Å². The lowest BCUT2D eigenvalue weighted by Gasteiger charge is -2.30. The zero-order valence-electron chi connectivity index (χ0n) is 18.0. The number of carbonyl (C=O) groups is 2. The maximum Gasteiger partial charge on any atom is 0.309 e. The minimum absolute atomic E-state index is 0.0280. The summed E-state index contributed by atoms with van der Waals surface area (Å²) >= 11 is 0.